The molecular weight excluding hydrogens is 216 g/mol. The van der Waals surface area contributed by atoms with Crippen LogP contribution in [0, 0.1) is 0 Å². The van der Waals surface area contributed by atoms with Crippen LogP contribution >= 0.6 is 0 Å². The average molecular weight is 230 g/mol. The Morgan fingerprint density at radius 3 is 1.62 bits per heavy atom. The highest BCUT2D eigenvalue weighted by molar-refractivity contribution is 5.91. The number of hydrogen-bond acceptors (Lipinski definition) is 3. The lowest BCUT2D eigenvalue weighted by Crippen LogP contribution is -2.04. The molecule has 0 aromatic heterocycles. The predicted octanol–water partition coefficient (Wildman–Crippen LogP) is 1.14. The number of carboxylic acids is 3. The van der Waals surface area contributed by atoms with Gasteiger partial charge >= 0.3 is 17.9 Å². The molecule has 0 unspecified atom stereocenters. The van der Waals surface area contributed by atoms with Crippen LogP contribution in [-0.4, -0.2) is 33.2 Å². The lowest BCUT2D eigenvalue weighted by molar-refractivity contribution is -0.139. The van der Waals surface area contributed by atoms with E-state index in [0.717, 1.165) is 0 Å². The topological polar surface area (TPSA) is 112 Å². The van der Waals surface area contributed by atoms with Gasteiger partial charge in [0.2, 0.25) is 0 Å². The lowest BCUT2D eigenvalue weighted by atomic mass is 10.2. The standard InChI is InChI=1S/C5H6O4.C5H8O2/c1-3(5(8)9)2-4(6)7;1-3-4(2)5(6)7/h1-2H2,(H,6,7)(H,8,9);3H,1-2H3,(H,6,7). The Morgan fingerprint density at radius 1 is 1.12 bits per heavy atom. The Morgan fingerprint density at radius 2 is 1.56 bits per heavy atom. The molecule has 0 aromatic rings. The summed E-state index contributed by atoms with van der Waals surface area (Å²) in [5.74, 6) is -3.29. The van der Waals surface area contributed by atoms with E-state index in [1.54, 1.807) is 19.9 Å². The van der Waals surface area contributed by atoms with Crippen molar-refractivity contribution in [1.29, 1.82) is 0 Å². The van der Waals surface area contributed by atoms with Crippen LogP contribution in [0.4, 0.5) is 0 Å². The first-order valence-corrected chi connectivity index (χ1v) is 4.21. The molecule has 0 fully saturated rings. The molecule has 6 nitrogen and oxygen atoms in total. The van der Waals surface area contributed by atoms with E-state index in [1.165, 1.54) is 0 Å². The van der Waals surface area contributed by atoms with Gasteiger partial charge in [-0.05, 0) is 13.8 Å². The maximum Gasteiger partial charge on any atom is 0.331 e. The zero-order valence-corrected chi connectivity index (χ0v) is 9.06. The summed E-state index contributed by atoms with van der Waals surface area (Å²) < 4.78 is 0. The zero-order chi connectivity index (χ0) is 13.3. The molecule has 0 aromatic carbocycles. The number of aliphatic carboxylic acids is 3. The van der Waals surface area contributed by atoms with Crippen molar-refractivity contribution in [3.8, 4) is 0 Å². The molecule has 0 aliphatic heterocycles. The second-order valence-corrected chi connectivity index (χ2v) is 2.76. The molecular formula is C10H14O6. The number of hydrogen-bond donors (Lipinski definition) is 3. The molecule has 0 amide bonds. The summed E-state index contributed by atoms with van der Waals surface area (Å²) in [7, 11) is 0. The average Bonchev–Trinajstić information content (AvgIpc) is 2.16. The fourth-order valence-corrected chi connectivity index (χ4v) is 0.382. The minimum atomic E-state index is -1.27. The summed E-state index contributed by atoms with van der Waals surface area (Å²) >= 11 is 0. The monoisotopic (exact) mass is 230 g/mol. The smallest absolute Gasteiger partial charge is 0.331 e. The predicted molar refractivity (Wildman–Crippen MR) is 56.1 cm³/mol. The van der Waals surface area contributed by atoms with Crippen LogP contribution in [0.15, 0.2) is 23.8 Å². The third-order valence-electron chi connectivity index (χ3n) is 1.44. The highest BCUT2D eigenvalue weighted by Crippen LogP contribution is 1.95. The Labute approximate surface area is 92.5 Å². The summed E-state index contributed by atoms with van der Waals surface area (Å²) in [4.78, 5) is 29.5. The molecule has 0 rings (SSSR count). The van der Waals surface area contributed by atoms with Crippen LogP contribution in [0.25, 0.3) is 0 Å². The third-order valence-corrected chi connectivity index (χ3v) is 1.44. The number of carbonyl (C=O) groups is 3. The molecule has 16 heavy (non-hydrogen) atoms. The van der Waals surface area contributed by atoms with Gasteiger partial charge in [-0.2, -0.15) is 0 Å². The van der Waals surface area contributed by atoms with E-state index in [-0.39, 0.29) is 5.57 Å². The van der Waals surface area contributed by atoms with Crippen LogP contribution in [0.2, 0.25) is 0 Å². The summed E-state index contributed by atoms with van der Waals surface area (Å²) in [5, 5.41) is 24.2. The Kier molecular flexibility index (Phi) is 8.39. The first-order valence-electron chi connectivity index (χ1n) is 4.21. The normalized spacial score (nSPS) is 9.75. The van der Waals surface area contributed by atoms with Crippen LogP contribution < -0.4 is 0 Å². The van der Waals surface area contributed by atoms with E-state index >= 15 is 0 Å². The highest BCUT2D eigenvalue weighted by atomic mass is 16.4. The van der Waals surface area contributed by atoms with E-state index in [2.05, 4.69) is 6.58 Å². The Balaban J connectivity index is 0. The molecule has 0 spiro atoms. The molecule has 0 bridgehead atoms. The Hall–Kier alpha value is -2.11. The van der Waals surface area contributed by atoms with Crippen molar-refractivity contribution in [3.05, 3.63) is 23.8 Å². The van der Waals surface area contributed by atoms with Gasteiger partial charge in [-0.15, -0.1) is 0 Å². The van der Waals surface area contributed by atoms with Gasteiger partial charge in [-0.3, -0.25) is 4.79 Å². The van der Waals surface area contributed by atoms with Crippen LogP contribution in [0.1, 0.15) is 20.3 Å². The molecule has 0 saturated heterocycles. The lowest BCUT2D eigenvalue weighted by Gasteiger charge is -1.91. The molecule has 0 aliphatic rings. The van der Waals surface area contributed by atoms with E-state index in [9.17, 15) is 14.4 Å². The largest absolute Gasteiger partial charge is 0.481 e. The van der Waals surface area contributed by atoms with Crippen LogP contribution in [0.5, 0.6) is 0 Å². The summed E-state index contributed by atoms with van der Waals surface area (Å²) in [6, 6.07) is 0. The molecule has 3 N–H and O–H groups in total. The fraction of sp³-hybridized carbons (Fsp3) is 0.300. The minimum Gasteiger partial charge on any atom is -0.481 e. The van der Waals surface area contributed by atoms with Crippen LogP contribution in [0.3, 0.4) is 0 Å². The first-order chi connectivity index (χ1) is 7.22. The Bertz CT molecular complexity index is 326. The van der Waals surface area contributed by atoms with E-state index in [1.807, 2.05) is 0 Å². The zero-order valence-electron chi connectivity index (χ0n) is 9.06. The quantitative estimate of drug-likeness (QED) is 0.624. The van der Waals surface area contributed by atoms with Gasteiger partial charge in [0.15, 0.2) is 0 Å². The maximum absolute atomic E-state index is 9.87. The summed E-state index contributed by atoms with van der Waals surface area (Å²) in [6.07, 6.45) is 1.05. The van der Waals surface area contributed by atoms with Crippen molar-refractivity contribution in [1.82, 2.24) is 0 Å². The van der Waals surface area contributed by atoms with Crippen molar-refractivity contribution in [2.75, 3.05) is 0 Å². The van der Waals surface area contributed by atoms with E-state index in [0.29, 0.717) is 5.57 Å². The van der Waals surface area contributed by atoms with E-state index in [4.69, 9.17) is 15.3 Å². The second-order valence-electron chi connectivity index (χ2n) is 2.76. The number of rotatable bonds is 4. The first kappa shape index (κ1) is 16.3. The van der Waals surface area contributed by atoms with Crippen molar-refractivity contribution >= 4 is 17.9 Å². The van der Waals surface area contributed by atoms with Gasteiger partial charge in [0.05, 0.1) is 6.42 Å². The van der Waals surface area contributed by atoms with Crippen molar-refractivity contribution < 1.29 is 29.7 Å². The van der Waals surface area contributed by atoms with Crippen molar-refractivity contribution in [2.45, 2.75) is 20.3 Å². The molecule has 0 radical (unpaired) electrons. The van der Waals surface area contributed by atoms with Crippen molar-refractivity contribution in [2.24, 2.45) is 0 Å². The number of carboxylic acid groups (broad SMARTS) is 3. The maximum atomic E-state index is 9.87. The van der Waals surface area contributed by atoms with Gasteiger partial charge in [0, 0.05) is 11.1 Å². The summed E-state index contributed by atoms with van der Waals surface area (Å²) in [6.45, 7) is 6.27. The van der Waals surface area contributed by atoms with Gasteiger partial charge < -0.3 is 15.3 Å². The highest BCUT2D eigenvalue weighted by Gasteiger charge is 2.07. The van der Waals surface area contributed by atoms with Crippen molar-refractivity contribution in [3.63, 3.8) is 0 Å². The molecule has 0 atom stereocenters. The van der Waals surface area contributed by atoms with Gasteiger partial charge in [0.25, 0.3) is 0 Å². The van der Waals surface area contributed by atoms with E-state index < -0.39 is 24.3 Å². The van der Waals surface area contributed by atoms with Gasteiger partial charge in [0.1, 0.15) is 0 Å². The molecule has 90 valence electrons. The van der Waals surface area contributed by atoms with Gasteiger partial charge in [-0.25, -0.2) is 9.59 Å². The molecule has 6 heteroatoms. The minimum absolute atomic E-state index is 0.303. The molecule has 0 heterocycles. The SMILES string of the molecule is C=C(CC(=O)O)C(=O)O.CC=C(C)C(=O)O. The fourth-order valence-electron chi connectivity index (χ4n) is 0.382. The second kappa shape index (κ2) is 8.22. The molecule has 0 aliphatic carbocycles. The third kappa shape index (κ3) is 9.97. The van der Waals surface area contributed by atoms with Gasteiger partial charge in [-0.1, -0.05) is 12.7 Å². The number of allylic oxidation sites excluding steroid dienone is 1. The van der Waals surface area contributed by atoms with Crippen LogP contribution in [-0.2, 0) is 14.4 Å². The molecule has 0 saturated carbocycles. The summed E-state index contributed by atoms with van der Waals surface area (Å²) in [5.41, 5.74) is 0.0856.